The molecule has 22 heavy (non-hydrogen) atoms. The number of carbonyl (C=O) groups is 2. The van der Waals surface area contributed by atoms with E-state index in [9.17, 15) is 9.59 Å². The number of nitrogens with two attached hydrogens (primary N) is 1. The molecule has 0 unspecified atom stereocenters. The lowest BCUT2D eigenvalue weighted by atomic mass is 9.91. The first kappa shape index (κ1) is 15.0. The third-order valence-electron chi connectivity index (χ3n) is 4.78. The van der Waals surface area contributed by atoms with Gasteiger partial charge in [0, 0.05) is 38.3 Å². The van der Waals surface area contributed by atoms with Gasteiger partial charge in [-0.15, -0.1) is 0 Å². The fourth-order valence-corrected chi connectivity index (χ4v) is 3.41. The maximum absolute atomic E-state index is 12.7. The Labute approximate surface area is 129 Å². The van der Waals surface area contributed by atoms with Crippen LogP contribution in [-0.2, 0) is 9.59 Å². The predicted octanol–water partition coefficient (Wildman–Crippen LogP) is 0.348. The molecule has 3 rings (SSSR count). The Kier molecular flexibility index (Phi) is 4.15. The molecule has 2 amide bonds. The van der Waals surface area contributed by atoms with Crippen molar-refractivity contribution in [3.63, 3.8) is 0 Å². The van der Waals surface area contributed by atoms with Crippen LogP contribution < -0.4 is 10.6 Å². The smallest absolute Gasteiger partial charge is 0.228 e. The molecular weight excluding hydrogens is 282 g/mol. The van der Waals surface area contributed by atoms with Crippen molar-refractivity contribution in [3.05, 3.63) is 12.4 Å². The summed E-state index contributed by atoms with van der Waals surface area (Å²) in [6.45, 7) is 3.93. The summed E-state index contributed by atoms with van der Waals surface area (Å²) < 4.78 is 0. The van der Waals surface area contributed by atoms with Gasteiger partial charge >= 0.3 is 0 Å². The van der Waals surface area contributed by atoms with Crippen molar-refractivity contribution in [2.45, 2.75) is 32.2 Å². The van der Waals surface area contributed by atoms with E-state index in [0.717, 1.165) is 25.1 Å². The minimum absolute atomic E-state index is 0.0134. The molecule has 1 aromatic rings. The molecule has 2 aliphatic rings. The highest BCUT2D eigenvalue weighted by atomic mass is 16.2. The van der Waals surface area contributed by atoms with Gasteiger partial charge in [0.2, 0.25) is 11.8 Å². The number of H-pyrrole nitrogens is 1. The summed E-state index contributed by atoms with van der Waals surface area (Å²) in [5.74, 6) is 0.180. The van der Waals surface area contributed by atoms with Crippen LogP contribution in [0, 0.1) is 11.8 Å². The fourth-order valence-electron chi connectivity index (χ4n) is 3.41. The number of aromatic amines is 1. The molecule has 3 N–H and O–H groups in total. The van der Waals surface area contributed by atoms with Gasteiger partial charge in [0.1, 0.15) is 0 Å². The number of hydrogen-bond acceptors (Lipinski definition) is 4. The summed E-state index contributed by atoms with van der Waals surface area (Å²) in [5, 5.41) is 6.56. The molecule has 0 aromatic carbocycles. The Bertz CT molecular complexity index is 542. The first-order chi connectivity index (χ1) is 10.6. The monoisotopic (exact) mass is 305 g/mol. The summed E-state index contributed by atoms with van der Waals surface area (Å²) in [6.07, 6.45) is 5.63. The zero-order chi connectivity index (χ0) is 15.7. The summed E-state index contributed by atoms with van der Waals surface area (Å²) in [4.78, 5) is 28.4. The van der Waals surface area contributed by atoms with Gasteiger partial charge in [-0.2, -0.15) is 5.10 Å². The predicted molar refractivity (Wildman–Crippen MR) is 82.0 cm³/mol. The topological polar surface area (TPSA) is 95.3 Å². The number of rotatable bonds is 3. The van der Waals surface area contributed by atoms with Gasteiger partial charge in [-0.1, -0.05) is 0 Å². The number of likely N-dealkylation sites (tertiary alicyclic amines) is 1. The summed E-state index contributed by atoms with van der Waals surface area (Å²) in [7, 11) is 0. The molecule has 0 aliphatic carbocycles. The van der Waals surface area contributed by atoms with E-state index in [1.165, 1.54) is 0 Å². The maximum atomic E-state index is 12.7. The van der Waals surface area contributed by atoms with Crippen molar-refractivity contribution < 1.29 is 9.59 Å². The van der Waals surface area contributed by atoms with Crippen LogP contribution in [-0.4, -0.2) is 52.6 Å². The highest BCUT2D eigenvalue weighted by molar-refractivity contribution is 6.00. The normalized spacial score (nSPS) is 27.3. The van der Waals surface area contributed by atoms with E-state index in [0.29, 0.717) is 19.0 Å². The van der Waals surface area contributed by atoms with Gasteiger partial charge in [-0.25, -0.2) is 0 Å². The SMILES string of the molecule is C[C@H](N)[C@H]1CCCN(C(=O)[C@H]2CC(=O)N(c3cn[nH]c3)C2)C1. The first-order valence-corrected chi connectivity index (χ1v) is 7.89. The summed E-state index contributed by atoms with van der Waals surface area (Å²) >= 11 is 0. The molecule has 3 atom stereocenters. The molecule has 120 valence electrons. The Morgan fingerprint density at radius 1 is 1.50 bits per heavy atom. The Morgan fingerprint density at radius 2 is 2.32 bits per heavy atom. The Hall–Kier alpha value is -1.89. The quantitative estimate of drug-likeness (QED) is 0.842. The van der Waals surface area contributed by atoms with E-state index < -0.39 is 0 Å². The van der Waals surface area contributed by atoms with Crippen molar-refractivity contribution in [1.82, 2.24) is 15.1 Å². The van der Waals surface area contributed by atoms with Gasteiger partial charge in [0.05, 0.1) is 17.8 Å². The van der Waals surface area contributed by atoms with Crippen LogP contribution in [0.3, 0.4) is 0 Å². The molecule has 1 aromatic heterocycles. The lowest BCUT2D eigenvalue weighted by Crippen LogP contribution is -2.47. The van der Waals surface area contributed by atoms with Crippen LogP contribution in [0.2, 0.25) is 0 Å². The van der Waals surface area contributed by atoms with E-state index in [-0.39, 0.29) is 30.2 Å². The number of carbonyl (C=O) groups excluding carboxylic acids is 2. The van der Waals surface area contributed by atoms with E-state index in [2.05, 4.69) is 10.2 Å². The van der Waals surface area contributed by atoms with Crippen LogP contribution in [0.25, 0.3) is 0 Å². The molecule has 0 radical (unpaired) electrons. The molecule has 0 spiro atoms. The van der Waals surface area contributed by atoms with Crippen molar-refractivity contribution in [2.24, 2.45) is 17.6 Å². The number of piperidine rings is 1. The third kappa shape index (κ3) is 2.85. The van der Waals surface area contributed by atoms with Crippen molar-refractivity contribution in [1.29, 1.82) is 0 Å². The van der Waals surface area contributed by atoms with Crippen LogP contribution >= 0.6 is 0 Å². The lowest BCUT2D eigenvalue weighted by molar-refractivity contribution is -0.137. The van der Waals surface area contributed by atoms with E-state index in [1.807, 2.05) is 11.8 Å². The average Bonchev–Trinajstić information content (AvgIpc) is 3.15. The summed E-state index contributed by atoms with van der Waals surface area (Å²) in [5.41, 5.74) is 6.71. The fraction of sp³-hybridized carbons (Fsp3) is 0.667. The van der Waals surface area contributed by atoms with Crippen LogP contribution in [0.5, 0.6) is 0 Å². The largest absolute Gasteiger partial charge is 0.342 e. The van der Waals surface area contributed by atoms with E-state index >= 15 is 0 Å². The van der Waals surface area contributed by atoms with Crippen molar-refractivity contribution >= 4 is 17.5 Å². The number of amides is 2. The Balaban J connectivity index is 1.65. The van der Waals surface area contributed by atoms with Gasteiger partial charge in [0.25, 0.3) is 0 Å². The molecule has 7 heteroatoms. The van der Waals surface area contributed by atoms with Crippen LogP contribution in [0.1, 0.15) is 26.2 Å². The lowest BCUT2D eigenvalue weighted by Gasteiger charge is -2.35. The maximum Gasteiger partial charge on any atom is 0.228 e. The van der Waals surface area contributed by atoms with Crippen LogP contribution in [0.4, 0.5) is 5.69 Å². The van der Waals surface area contributed by atoms with Crippen LogP contribution in [0.15, 0.2) is 12.4 Å². The Morgan fingerprint density at radius 3 is 3.00 bits per heavy atom. The highest BCUT2D eigenvalue weighted by Crippen LogP contribution is 2.27. The number of nitrogens with zero attached hydrogens (tertiary/aromatic N) is 3. The number of aromatic nitrogens is 2. The molecule has 2 fully saturated rings. The van der Waals surface area contributed by atoms with Gasteiger partial charge < -0.3 is 15.5 Å². The average molecular weight is 305 g/mol. The van der Waals surface area contributed by atoms with E-state index in [1.54, 1.807) is 17.3 Å². The van der Waals surface area contributed by atoms with Crippen molar-refractivity contribution in [2.75, 3.05) is 24.5 Å². The number of nitrogens with one attached hydrogen (secondary N) is 1. The number of hydrogen-bond donors (Lipinski definition) is 2. The second-order valence-corrected chi connectivity index (χ2v) is 6.41. The third-order valence-corrected chi connectivity index (χ3v) is 4.78. The molecular formula is C15H23N5O2. The molecule has 0 saturated carbocycles. The highest BCUT2D eigenvalue weighted by Gasteiger charge is 2.38. The van der Waals surface area contributed by atoms with E-state index in [4.69, 9.17) is 5.73 Å². The zero-order valence-corrected chi connectivity index (χ0v) is 12.9. The van der Waals surface area contributed by atoms with Gasteiger partial charge in [-0.05, 0) is 25.7 Å². The standard InChI is InChI=1S/C15H23N5O2/c1-10(16)11-3-2-4-19(8-11)15(22)12-5-14(21)20(9-12)13-6-17-18-7-13/h6-7,10-12H,2-5,8-9,16H2,1H3,(H,17,18)/t10-,11-,12-/m0/s1. The second kappa shape index (κ2) is 6.08. The molecule has 0 bridgehead atoms. The molecule has 7 nitrogen and oxygen atoms in total. The molecule has 2 aliphatic heterocycles. The van der Waals surface area contributed by atoms with Crippen molar-refractivity contribution in [3.8, 4) is 0 Å². The minimum atomic E-state index is -0.255. The van der Waals surface area contributed by atoms with Gasteiger partial charge in [0.15, 0.2) is 0 Å². The summed E-state index contributed by atoms with van der Waals surface area (Å²) in [6, 6.07) is 0.100. The second-order valence-electron chi connectivity index (χ2n) is 6.41. The minimum Gasteiger partial charge on any atom is -0.342 e. The number of anilines is 1. The first-order valence-electron chi connectivity index (χ1n) is 7.89. The zero-order valence-electron chi connectivity index (χ0n) is 12.9. The molecule has 3 heterocycles. The molecule has 2 saturated heterocycles. The van der Waals surface area contributed by atoms with Gasteiger partial charge in [-0.3, -0.25) is 14.7 Å².